The summed E-state index contributed by atoms with van der Waals surface area (Å²) >= 11 is 6.06. The van der Waals surface area contributed by atoms with Crippen molar-refractivity contribution in [2.75, 3.05) is 11.9 Å². The lowest BCUT2D eigenvalue weighted by Gasteiger charge is -2.10. The molecule has 0 heterocycles. The molecule has 6 heteroatoms. The first-order valence-corrected chi connectivity index (χ1v) is 8.53. The monoisotopic (exact) mass is 381 g/mol. The van der Waals surface area contributed by atoms with Crippen molar-refractivity contribution >= 4 is 29.5 Å². The maximum absolute atomic E-state index is 12.0. The lowest BCUT2D eigenvalue weighted by Crippen LogP contribution is -2.20. The number of carbonyl (C=O) groups excluding carboxylic acids is 2. The second kappa shape index (κ2) is 8.87. The number of ether oxygens (including phenoxy) is 2. The van der Waals surface area contributed by atoms with Crippen molar-refractivity contribution in [1.82, 2.24) is 0 Å². The highest BCUT2D eigenvalue weighted by Crippen LogP contribution is 2.29. The Balaban J connectivity index is 1.55. The van der Waals surface area contributed by atoms with Gasteiger partial charge in [0.05, 0.1) is 10.6 Å². The molecule has 136 valence electrons. The van der Waals surface area contributed by atoms with Gasteiger partial charge in [0.15, 0.2) is 12.9 Å². The minimum atomic E-state index is -0.338. The summed E-state index contributed by atoms with van der Waals surface area (Å²) in [6.45, 7) is -0.206. The van der Waals surface area contributed by atoms with Gasteiger partial charge < -0.3 is 14.8 Å². The fraction of sp³-hybridized carbons (Fsp3) is 0.0476. The van der Waals surface area contributed by atoms with Crippen LogP contribution >= 0.6 is 11.6 Å². The Bertz CT molecular complexity index is 941. The number of amides is 1. The Morgan fingerprint density at radius 3 is 2.30 bits per heavy atom. The molecule has 0 atom stereocenters. The summed E-state index contributed by atoms with van der Waals surface area (Å²) in [5.41, 5.74) is 0.991. The number of para-hydroxylation sites is 2. The highest BCUT2D eigenvalue weighted by molar-refractivity contribution is 6.32. The SMILES string of the molecule is O=Cc1ccccc1OCC(=O)Nc1ccc(Oc2ccccc2Cl)cc1. The lowest BCUT2D eigenvalue weighted by atomic mass is 10.2. The standard InChI is InChI=1S/C21H16ClNO4/c22-18-6-2-4-8-20(18)27-17-11-9-16(10-12-17)23-21(25)14-26-19-7-3-1-5-15(19)13-24/h1-13H,14H2,(H,23,25). The van der Waals surface area contributed by atoms with Gasteiger partial charge in [-0.1, -0.05) is 35.9 Å². The van der Waals surface area contributed by atoms with Crippen LogP contribution in [0.15, 0.2) is 72.8 Å². The molecule has 0 fully saturated rings. The van der Waals surface area contributed by atoms with Gasteiger partial charge in [-0.2, -0.15) is 0 Å². The van der Waals surface area contributed by atoms with Crippen molar-refractivity contribution in [2.24, 2.45) is 0 Å². The van der Waals surface area contributed by atoms with Crippen LogP contribution in [0.2, 0.25) is 5.02 Å². The van der Waals surface area contributed by atoms with E-state index < -0.39 is 0 Å². The molecule has 0 saturated carbocycles. The second-order valence-corrected chi connectivity index (χ2v) is 5.96. The first-order chi connectivity index (χ1) is 13.2. The van der Waals surface area contributed by atoms with Crippen molar-refractivity contribution < 1.29 is 19.1 Å². The van der Waals surface area contributed by atoms with Gasteiger partial charge in [0.1, 0.15) is 17.2 Å². The smallest absolute Gasteiger partial charge is 0.262 e. The van der Waals surface area contributed by atoms with Crippen molar-refractivity contribution in [3.8, 4) is 17.2 Å². The van der Waals surface area contributed by atoms with Crippen molar-refractivity contribution in [3.05, 3.63) is 83.4 Å². The van der Waals surface area contributed by atoms with E-state index >= 15 is 0 Å². The lowest BCUT2D eigenvalue weighted by molar-refractivity contribution is -0.118. The summed E-state index contributed by atoms with van der Waals surface area (Å²) < 4.78 is 11.1. The zero-order valence-corrected chi connectivity index (χ0v) is 15.0. The molecular formula is C21H16ClNO4. The fourth-order valence-corrected chi connectivity index (χ4v) is 2.48. The number of nitrogens with one attached hydrogen (secondary N) is 1. The van der Waals surface area contributed by atoms with Crippen LogP contribution in [0.1, 0.15) is 10.4 Å². The van der Waals surface area contributed by atoms with E-state index in [2.05, 4.69) is 5.32 Å². The molecule has 3 aromatic rings. The quantitative estimate of drug-likeness (QED) is 0.587. The molecule has 0 bridgehead atoms. The van der Waals surface area contributed by atoms with E-state index in [9.17, 15) is 9.59 Å². The van der Waals surface area contributed by atoms with E-state index in [1.54, 1.807) is 60.7 Å². The van der Waals surface area contributed by atoms with E-state index in [4.69, 9.17) is 21.1 Å². The van der Waals surface area contributed by atoms with E-state index in [0.717, 1.165) is 0 Å². The van der Waals surface area contributed by atoms with Crippen LogP contribution in [0.5, 0.6) is 17.2 Å². The zero-order valence-electron chi connectivity index (χ0n) is 14.2. The molecule has 0 aliphatic rings. The maximum atomic E-state index is 12.0. The molecule has 1 amide bonds. The number of hydrogen-bond acceptors (Lipinski definition) is 4. The minimum Gasteiger partial charge on any atom is -0.483 e. The van der Waals surface area contributed by atoms with Crippen LogP contribution in [0.25, 0.3) is 0 Å². The number of hydrogen-bond donors (Lipinski definition) is 1. The summed E-state index contributed by atoms with van der Waals surface area (Å²) in [4.78, 5) is 23.0. The van der Waals surface area contributed by atoms with Crippen LogP contribution in [0.4, 0.5) is 5.69 Å². The van der Waals surface area contributed by atoms with Gasteiger partial charge in [0, 0.05) is 5.69 Å². The van der Waals surface area contributed by atoms with Crippen LogP contribution in [0, 0.1) is 0 Å². The van der Waals surface area contributed by atoms with Gasteiger partial charge in [-0.05, 0) is 48.5 Å². The summed E-state index contributed by atoms with van der Waals surface area (Å²) in [6.07, 6.45) is 0.685. The van der Waals surface area contributed by atoms with Crippen molar-refractivity contribution in [2.45, 2.75) is 0 Å². The Hall–Kier alpha value is -3.31. The zero-order chi connectivity index (χ0) is 19.1. The highest BCUT2D eigenvalue weighted by atomic mass is 35.5. The number of aldehydes is 1. The second-order valence-electron chi connectivity index (χ2n) is 5.55. The normalized spacial score (nSPS) is 10.1. The van der Waals surface area contributed by atoms with Crippen LogP contribution < -0.4 is 14.8 Å². The topological polar surface area (TPSA) is 64.6 Å². The van der Waals surface area contributed by atoms with Crippen LogP contribution in [-0.4, -0.2) is 18.8 Å². The maximum Gasteiger partial charge on any atom is 0.262 e. The van der Waals surface area contributed by atoms with Gasteiger partial charge in [-0.3, -0.25) is 9.59 Å². The average Bonchev–Trinajstić information content (AvgIpc) is 2.70. The molecule has 5 nitrogen and oxygen atoms in total. The van der Waals surface area contributed by atoms with Crippen LogP contribution in [-0.2, 0) is 4.79 Å². The molecular weight excluding hydrogens is 366 g/mol. The third kappa shape index (κ3) is 5.09. The summed E-state index contributed by atoms with van der Waals surface area (Å²) in [5.74, 6) is 1.18. The molecule has 0 unspecified atom stereocenters. The van der Waals surface area contributed by atoms with E-state index in [1.807, 2.05) is 12.1 Å². The molecule has 1 N–H and O–H groups in total. The number of halogens is 1. The van der Waals surface area contributed by atoms with Crippen LogP contribution in [0.3, 0.4) is 0 Å². The predicted octanol–water partition coefficient (Wildman–Crippen LogP) is 4.96. The fourth-order valence-electron chi connectivity index (χ4n) is 2.31. The number of rotatable bonds is 7. The third-order valence-corrected chi connectivity index (χ3v) is 3.92. The van der Waals surface area contributed by atoms with Gasteiger partial charge in [-0.25, -0.2) is 0 Å². The molecule has 3 rings (SSSR count). The molecule has 0 spiro atoms. The first kappa shape index (κ1) is 18.5. The predicted molar refractivity (Wildman–Crippen MR) is 104 cm³/mol. The Morgan fingerprint density at radius 2 is 1.59 bits per heavy atom. The Morgan fingerprint density at radius 1 is 0.926 bits per heavy atom. The number of anilines is 1. The van der Waals surface area contributed by atoms with E-state index in [0.29, 0.717) is 39.8 Å². The third-order valence-electron chi connectivity index (χ3n) is 3.61. The summed E-state index contributed by atoms with van der Waals surface area (Å²) in [5, 5.41) is 3.23. The molecule has 0 saturated heterocycles. The summed E-state index contributed by atoms with van der Waals surface area (Å²) in [7, 11) is 0. The number of benzene rings is 3. The summed E-state index contributed by atoms with van der Waals surface area (Å²) in [6, 6.07) is 20.8. The molecule has 0 aliphatic carbocycles. The largest absolute Gasteiger partial charge is 0.483 e. The number of carbonyl (C=O) groups is 2. The molecule has 27 heavy (non-hydrogen) atoms. The molecule has 0 radical (unpaired) electrons. The van der Waals surface area contributed by atoms with E-state index in [1.165, 1.54) is 0 Å². The van der Waals surface area contributed by atoms with Gasteiger partial charge in [0.25, 0.3) is 5.91 Å². The first-order valence-electron chi connectivity index (χ1n) is 8.15. The molecule has 0 aromatic heterocycles. The minimum absolute atomic E-state index is 0.206. The highest BCUT2D eigenvalue weighted by Gasteiger charge is 2.07. The molecule has 0 aliphatic heterocycles. The van der Waals surface area contributed by atoms with Gasteiger partial charge in [0.2, 0.25) is 0 Å². The van der Waals surface area contributed by atoms with E-state index in [-0.39, 0.29) is 12.5 Å². The van der Waals surface area contributed by atoms with Crippen molar-refractivity contribution in [3.63, 3.8) is 0 Å². The Labute approximate surface area is 161 Å². The molecule has 3 aromatic carbocycles. The Kier molecular flexibility index (Phi) is 6.07. The van der Waals surface area contributed by atoms with Gasteiger partial charge in [-0.15, -0.1) is 0 Å². The van der Waals surface area contributed by atoms with Crippen molar-refractivity contribution in [1.29, 1.82) is 0 Å². The van der Waals surface area contributed by atoms with Gasteiger partial charge >= 0.3 is 0 Å². The average molecular weight is 382 g/mol.